The average molecular weight is 598 g/mol. The molecule has 0 radical (unpaired) electrons. The summed E-state index contributed by atoms with van der Waals surface area (Å²) in [6.45, 7) is 5.77. The molecule has 2 aliphatic carbocycles. The fourth-order valence-electron chi connectivity index (χ4n) is 7.13. The van der Waals surface area contributed by atoms with Crippen molar-refractivity contribution in [2.45, 2.75) is 51.2 Å². The molecule has 3 aromatic rings. The zero-order valence-electron chi connectivity index (χ0n) is 23.7. The Hall–Kier alpha value is -3.20. The van der Waals surface area contributed by atoms with Crippen LogP contribution in [0.2, 0.25) is 5.02 Å². The second-order valence-corrected chi connectivity index (χ2v) is 12.9. The number of amides is 1. The maximum atomic E-state index is 13.8. The summed E-state index contributed by atoms with van der Waals surface area (Å²) < 4.78 is 42.7. The van der Waals surface area contributed by atoms with Gasteiger partial charge in [0.25, 0.3) is 0 Å². The van der Waals surface area contributed by atoms with E-state index in [0.29, 0.717) is 29.3 Å². The lowest BCUT2D eigenvalue weighted by atomic mass is 9.99. The fraction of sp³-hybridized carbons (Fsp3) is 0.500. The largest absolute Gasteiger partial charge is 0.433 e. The highest BCUT2D eigenvalue weighted by Gasteiger charge is 2.66. The summed E-state index contributed by atoms with van der Waals surface area (Å²) >= 11 is 6.44. The van der Waals surface area contributed by atoms with Crippen molar-refractivity contribution in [2.75, 3.05) is 49.1 Å². The van der Waals surface area contributed by atoms with E-state index in [0.717, 1.165) is 68.1 Å². The van der Waals surface area contributed by atoms with E-state index in [4.69, 9.17) is 11.6 Å². The molecule has 222 valence electrons. The Morgan fingerprint density at radius 3 is 2.40 bits per heavy atom. The van der Waals surface area contributed by atoms with Gasteiger partial charge >= 0.3 is 6.18 Å². The van der Waals surface area contributed by atoms with Crippen LogP contribution in [0.15, 0.2) is 48.7 Å². The highest BCUT2D eigenvalue weighted by molar-refractivity contribution is 6.31. The smallest absolute Gasteiger partial charge is 0.369 e. The number of aryl methyl sites for hydroxylation is 1. The molecule has 2 aromatic carbocycles. The zero-order valence-corrected chi connectivity index (χ0v) is 24.5. The van der Waals surface area contributed by atoms with E-state index in [2.05, 4.69) is 44.1 Å². The first kappa shape index (κ1) is 27.6. The van der Waals surface area contributed by atoms with Crippen LogP contribution in [0.25, 0.3) is 11.1 Å². The van der Waals surface area contributed by atoms with E-state index >= 15 is 0 Å². The Kier molecular flexibility index (Phi) is 6.72. The number of hydrogen-bond acceptors (Lipinski definition) is 4. The van der Waals surface area contributed by atoms with E-state index in [1.807, 2.05) is 18.2 Å². The maximum Gasteiger partial charge on any atom is 0.433 e. The molecule has 2 unspecified atom stereocenters. The van der Waals surface area contributed by atoms with Crippen molar-refractivity contribution in [2.24, 2.45) is 11.3 Å². The second-order valence-electron chi connectivity index (χ2n) is 12.5. The number of piperidine rings is 1. The molecule has 0 bridgehead atoms. The van der Waals surface area contributed by atoms with E-state index in [1.54, 1.807) is 0 Å². The minimum Gasteiger partial charge on any atom is -0.369 e. The van der Waals surface area contributed by atoms with E-state index in [-0.39, 0.29) is 11.5 Å². The van der Waals surface area contributed by atoms with Crippen LogP contribution in [-0.2, 0) is 11.0 Å². The first-order valence-electron chi connectivity index (χ1n) is 14.9. The Labute approximate surface area is 249 Å². The predicted octanol–water partition coefficient (Wildman–Crippen LogP) is 6.82. The van der Waals surface area contributed by atoms with Gasteiger partial charge in [-0.15, -0.1) is 0 Å². The minimum absolute atomic E-state index is 0.144. The van der Waals surface area contributed by atoms with Gasteiger partial charge < -0.3 is 14.7 Å². The monoisotopic (exact) mass is 597 g/mol. The molecule has 4 fully saturated rings. The van der Waals surface area contributed by atoms with Crippen molar-refractivity contribution in [1.29, 1.82) is 0 Å². The van der Waals surface area contributed by atoms with Gasteiger partial charge in [0.05, 0.1) is 12.2 Å². The van der Waals surface area contributed by atoms with Crippen molar-refractivity contribution in [3.63, 3.8) is 0 Å². The zero-order chi connectivity index (χ0) is 29.2. The number of halogens is 4. The molecule has 10 heteroatoms. The van der Waals surface area contributed by atoms with Crippen LogP contribution in [-0.4, -0.2) is 59.9 Å². The number of piperazine rings is 1. The summed E-state index contributed by atoms with van der Waals surface area (Å²) in [6, 6.07) is 13.8. The molecule has 1 aromatic heterocycles. The first-order valence-corrected chi connectivity index (χ1v) is 15.3. The third kappa shape index (κ3) is 5.03. The Morgan fingerprint density at radius 1 is 1.00 bits per heavy atom. The van der Waals surface area contributed by atoms with Crippen molar-refractivity contribution < 1.29 is 18.0 Å². The van der Waals surface area contributed by atoms with Gasteiger partial charge in [0.1, 0.15) is 5.69 Å². The van der Waals surface area contributed by atoms with Gasteiger partial charge in [-0.2, -0.15) is 18.3 Å². The summed E-state index contributed by atoms with van der Waals surface area (Å²) in [5.41, 5.74) is 3.93. The lowest BCUT2D eigenvalue weighted by Crippen LogP contribution is -2.49. The summed E-state index contributed by atoms with van der Waals surface area (Å²) in [4.78, 5) is 19.4. The normalized spacial score (nSPS) is 23.4. The molecule has 0 N–H and O–H groups in total. The minimum atomic E-state index is -4.45. The molecule has 4 aliphatic rings. The van der Waals surface area contributed by atoms with Crippen LogP contribution in [0.3, 0.4) is 0 Å². The Balaban J connectivity index is 1.07. The molecular weight excluding hydrogens is 563 g/mol. The standard InChI is InChI=1S/C32H35ClF3N5O/c1-21-19-37-41(29(21)32(34,35)36)25-3-2-12-40(20-25)28-17-23(33)6-9-26(28)22-4-7-24(8-5-22)38-13-15-39(16-14-38)30(42)27-18-31(27)10-11-31/h4-9,17,19,25,27H,2-3,10-16,18,20H2,1H3. The van der Waals surface area contributed by atoms with E-state index in [1.165, 1.54) is 30.6 Å². The van der Waals surface area contributed by atoms with Crippen LogP contribution in [0, 0.1) is 18.3 Å². The van der Waals surface area contributed by atoms with Crippen molar-refractivity contribution >= 4 is 28.9 Å². The number of anilines is 2. The van der Waals surface area contributed by atoms with Crippen LogP contribution in [0.4, 0.5) is 24.5 Å². The van der Waals surface area contributed by atoms with E-state index in [9.17, 15) is 18.0 Å². The van der Waals surface area contributed by atoms with Gasteiger partial charge in [-0.05, 0) is 79.8 Å². The lowest BCUT2D eigenvalue weighted by Gasteiger charge is -2.37. The van der Waals surface area contributed by atoms with Crippen LogP contribution >= 0.6 is 11.6 Å². The summed E-state index contributed by atoms with van der Waals surface area (Å²) in [5.74, 6) is 0.637. The van der Waals surface area contributed by atoms with Crippen molar-refractivity contribution in [3.05, 3.63) is 64.9 Å². The number of nitrogens with zero attached hydrogens (tertiary/aromatic N) is 5. The molecule has 2 atom stereocenters. The first-order chi connectivity index (χ1) is 20.1. The molecular formula is C32H35ClF3N5O. The summed E-state index contributed by atoms with van der Waals surface area (Å²) in [6.07, 6.45) is 1.79. The van der Waals surface area contributed by atoms with Crippen molar-refractivity contribution in [1.82, 2.24) is 14.7 Å². The third-order valence-corrected chi connectivity index (χ3v) is 10.0. The molecule has 2 saturated carbocycles. The number of carbonyl (C=O) groups excluding carboxylic acids is 1. The second kappa shape index (κ2) is 10.2. The van der Waals surface area contributed by atoms with E-state index < -0.39 is 17.9 Å². The number of alkyl halides is 3. The Morgan fingerprint density at radius 2 is 1.74 bits per heavy atom. The molecule has 42 heavy (non-hydrogen) atoms. The van der Waals surface area contributed by atoms with Gasteiger partial charge in [-0.3, -0.25) is 9.48 Å². The summed E-state index contributed by atoms with van der Waals surface area (Å²) in [7, 11) is 0. The SMILES string of the molecule is Cc1cnn(C2CCCN(c3cc(Cl)ccc3-c3ccc(N4CCN(C(=O)C5CC56CC6)CC4)cc3)C2)c1C(F)(F)F. The highest BCUT2D eigenvalue weighted by atomic mass is 35.5. The molecule has 2 aliphatic heterocycles. The van der Waals surface area contributed by atoms with Gasteiger partial charge in [0.15, 0.2) is 0 Å². The van der Waals surface area contributed by atoms with Crippen LogP contribution in [0.5, 0.6) is 0 Å². The average Bonchev–Trinajstić information content (AvgIpc) is 3.89. The van der Waals surface area contributed by atoms with Gasteiger partial charge in [-0.25, -0.2) is 0 Å². The maximum absolute atomic E-state index is 13.8. The topological polar surface area (TPSA) is 44.6 Å². The Bertz CT molecular complexity index is 1490. The highest BCUT2D eigenvalue weighted by Crippen LogP contribution is 2.71. The quantitative estimate of drug-likeness (QED) is 0.324. The predicted molar refractivity (Wildman–Crippen MR) is 158 cm³/mol. The van der Waals surface area contributed by atoms with Gasteiger partial charge in [0.2, 0.25) is 5.91 Å². The number of aromatic nitrogens is 2. The number of rotatable bonds is 5. The molecule has 2 saturated heterocycles. The number of carbonyl (C=O) groups is 1. The number of benzene rings is 2. The molecule has 6 nitrogen and oxygen atoms in total. The van der Waals surface area contributed by atoms with Crippen LogP contribution < -0.4 is 9.80 Å². The van der Waals surface area contributed by atoms with Gasteiger partial charge in [0, 0.05) is 67.1 Å². The van der Waals surface area contributed by atoms with Crippen molar-refractivity contribution in [3.8, 4) is 11.1 Å². The molecule has 3 heterocycles. The van der Waals surface area contributed by atoms with Crippen LogP contribution in [0.1, 0.15) is 49.4 Å². The molecule has 1 spiro atoms. The third-order valence-electron chi connectivity index (χ3n) is 9.80. The lowest BCUT2D eigenvalue weighted by molar-refractivity contribution is -0.145. The molecule has 1 amide bonds. The van der Waals surface area contributed by atoms with Gasteiger partial charge in [-0.1, -0.05) is 29.8 Å². The molecule has 7 rings (SSSR count). The summed E-state index contributed by atoms with van der Waals surface area (Å²) in [5, 5.41) is 4.73. The number of hydrogen-bond donors (Lipinski definition) is 0. The fourth-order valence-corrected chi connectivity index (χ4v) is 7.30.